The summed E-state index contributed by atoms with van der Waals surface area (Å²) in [5.41, 5.74) is 2.09. The molecule has 3 aromatic rings. The Morgan fingerprint density at radius 3 is 2.07 bits per heavy atom. The zero-order chi connectivity index (χ0) is 30.2. The molecule has 0 aliphatic carbocycles. The van der Waals surface area contributed by atoms with Gasteiger partial charge in [0.05, 0.1) is 10.6 Å². The van der Waals surface area contributed by atoms with Gasteiger partial charge >= 0.3 is 0 Å². The maximum absolute atomic E-state index is 14.1. The van der Waals surface area contributed by atoms with Crippen LogP contribution in [0.2, 0.25) is 5.02 Å². The second kappa shape index (κ2) is 14.8. The number of sulfonamides is 1. The van der Waals surface area contributed by atoms with E-state index in [9.17, 15) is 18.0 Å². The summed E-state index contributed by atoms with van der Waals surface area (Å²) in [6.45, 7) is 7.26. The number of rotatable bonds is 13. The molecule has 220 valence electrons. The molecule has 0 radical (unpaired) electrons. The Hall–Kier alpha value is -3.01. The third-order valence-corrected chi connectivity index (χ3v) is 9.69. The third-order valence-electron chi connectivity index (χ3n) is 6.90. The van der Waals surface area contributed by atoms with Gasteiger partial charge in [0.15, 0.2) is 0 Å². The van der Waals surface area contributed by atoms with Gasteiger partial charge in [0, 0.05) is 22.5 Å². The second-order valence-electron chi connectivity index (χ2n) is 9.91. The summed E-state index contributed by atoms with van der Waals surface area (Å²) in [4.78, 5) is 29.9. The van der Waals surface area contributed by atoms with E-state index in [1.54, 1.807) is 72.8 Å². The average Bonchev–Trinajstić information content (AvgIpc) is 2.97. The van der Waals surface area contributed by atoms with Crippen LogP contribution in [0.1, 0.15) is 44.7 Å². The summed E-state index contributed by atoms with van der Waals surface area (Å²) >= 11 is 7.59. The van der Waals surface area contributed by atoms with Crippen molar-refractivity contribution in [2.45, 2.75) is 69.0 Å². The molecule has 0 spiro atoms. The minimum Gasteiger partial charge on any atom is -0.352 e. The van der Waals surface area contributed by atoms with Crippen LogP contribution in [0.25, 0.3) is 0 Å². The van der Waals surface area contributed by atoms with Gasteiger partial charge in [-0.15, -0.1) is 11.8 Å². The molecule has 0 saturated carbocycles. The van der Waals surface area contributed by atoms with Gasteiger partial charge < -0.3 is 10.2 Å². The highest BCUT2D eigenvalue weighted by Crippen LogP contribution is 2.27. The molecular weight excluding hydrogens is 578 g/mol. The standard InChI is InChI=1S/C31H38ClN3O4S2/c1-6-23(4)33-31(37)29(7-2)34(20-24-10-12-25(32)13-11-24)30(36)21-35(26-14-8-22(3)9-15-26)41(38,39)28-18-16-27(40-5)17-19-28/h8-19,23,29H,6-7,20-21H2,1-5H3,(H,33,37)/t23-,29-/m0/s1. The molecule has 3 rings (SSSR count). The second-order valence-corrected chi connectivity index (χ2v) is 13.1. The minimum atomic E-state index is -4.12. The lowest BCUT2D eigenvalue weighted by atomic mass is 10.1. The van der Waals surface area contributed by atoms with Crippen LogP contribution in [0.3, 0.4) is 0 Å². The van der Waals surface area contributed by atoms with Crippen molar-refractivity contribution in [3.63, 3.8) is 0 Å². The Balaban J connectivity index is 2.05. The normalized spacial score (nSPS) is 12.8. The molecule has 0 aliphatic rings. The van der Waals surface area contributed by atoms with Crippen LogP contribution in [0, 0.1) is 6.92 Å². The average molecular weight is 616 g/mol. The van der Waals surface area contributed by atoms with Crippen LogP contribution in [0.15, 0.2) is 82.6 Å². The summed E-state index contributed by atoms with van der Waals surface area (Å²) in [6.07, 6.45) is 3.01. The zero-order valence-electron chi connectivity index (χ0n) is 24.1. The Labute approximate surface area is 253 Å². The van der Waals surface area contributed by atoms with E-state index in [2.05, 4.69) is 5.32 Å². The molecule has 41 heavy (non-hydrogen) atoms. The van der Waals surface area contributed by atoms with E-state index in [4.69, 9.17) is 11.6 Å². The monoisotopic (exact) mass is 615 g/mol. The molecule has 1 N–H and O–H groups in total. The first-order chi connectivity index (χ1) is 19.5. The summed E-state index contributed by atoms with van der Waals surface area (Å²) < 4.78 is 29.1. The molecule has 0 saturated heterocycles. The van der Waals surface area contributed by atoms with Crippen molar-refractivity contribution in [2.75, 3.05) is 17.1 Å². The molecule has 0 aliphatic heterocycles. The van der Waals surface area contributed by atoms with E-state index in [1.165, 1.54) is 16.7 Å². The van der Waals surface area contributed by atoms with Crippen molar-refractivity contribution in [1.82, 2.24) is 10.2 Å². The minimum absolute atomic E-state index is 0.0716. The van der Waals surface area contributed by atoms with Crippen LogP contribution in [-0.2, 0) is 26.2 Å². The highest BCUT2D eigenvalue weighted by Gasteiger charge is 2.34. The van der Waals surface area contributed by atoms with Crippen molar-refractivity contribution >= 4 is 50.9 Å². The number of halogens is 1. The molecule has 2 atom stereocenters. The molecule has 2 amide bonds. The van der Waals surface area contributed by atoms with Crippen molar-refractivity contribution in [2.24, 2.45) is 0 Å². The first-order valence-corrected chi connectivity index (χ1v) is 16.6. The summed E-state index contributed by atoms with van der Waals surface area (Å²) in [5, 5.41) is 3.53. The van der Waals surface area contributed by atoms with Gasteiger partial charge in [-0.1, -0.05) is 55.3 Å². The largest absolute Gasteiger partial charge is 0.352 e. The number of thioether (sulfide) groups is 1. The predicted molar refractivity (Wildman–Crippen MR) is 168 cm³/mol. The first-order valence-electron chi connectivity index (χ1n) is 13.6. The van der Waals surface area contributed by atoms with Crippen molar-refractivity contribution in [1.29, 1.82) is 0 Å². The lowest BCUT2D eigenvalue weighted by Gasteiger charge is -2.33. The maximum Gasteiger partial charge on any atom is 0.264 e. The summed E-state index contributed by atoms with van der Waals surface area (Å²) in [6, 6.07) is 19.7. The maximum atomic E-state index is 14.1. The molecule has 7 nitrogen and oxygen atoms in total. The van der Waals surface area contributed by atoms with Crippen LogP contribution in [-0.4, -0.2) is 50.0 Å². The van der Waals surface area contributed by atoms with Gasteiger partial charge in [-0.05, 0) is 87.0 Å². The smallest absolute Gasteiger partial charge is 0.264 e. The van der Waals surface area contributed by atoms with E-state index in [-0.39, 0.29) is 23.4 Å². The Morgan fingerprint density at radius 2 is 1.54 bits per heavy atom. The van der Waals surface area contributed by atoms with Crippen LogP contribution in [0.4, 0.5) is 5.69 Å². The van der Waals surface area contributed by atoms with Gasteiger partial charge in [0.2, 0.25) is 11.8 Å². The van der Waals surface area contributed by atoms with Gasteiger partial charge in [0.1, 0.15) is 12.6 Å². The fourth-order valence-corrected chi connectivity index (χ4v) is 6.21. The number of amides is 2. The Morgan fingerprint density at radius 1 is 0.927 bits per heavy atom. The Bertz CT molecular complexity index is 1410. The van der Waals surface area contributed by atoms with Gasteiger partial charge in [-0.25, -0.2) is 8.42 Å². The lowest BCUT2D eigenvalue weighted by molar-refractivity contribution is -0.140. The number of carbonyl (C=O) groups is 2. The van der Waals surface area contributed by atoms with Crippen molar-refractivity contribution in [3.8, 4) is 0 Å². The van der Waals surface area contributed by atoms with E-state index in [0.717, 1.165) is 26.7 Å². The lowest BCUT2D eigenvalue weighted by Crippen LogP contribution is -2.53. The first kappa shape index (κ1) is 32.5. The molecule has 0 fully saturated rings. The van der Waals surface area contributed by atoms with Gasteiger partial charge in [0.25, 0.3) is 10.0 Å². The zero-order valence-corrected chi connectivity index (χ0v) is 26.5. The number of aryl methyl sites for hydroxylation is 1. The fraction of sp³-hybridized carbons (Fsp3) is 0.355. The summed E-state index contributed by atoms with van der Waals surface area (Å²) in [5.74, 6) is -0.766. The number of benzene rings is 3. The topological polar surface area (TPSA) is 86.8 Å². The number of nitrogens with zero attached hydrogens (tertiary/aromatic N) is 2. The number of anilines is 1. The Kier molecular flexibility index (Phi) is 11.7. The van der Waals surface area contributed by atoms with E-state index >= 15 is 0 Å². The van der Waals surface area contributed by atoms with Crippen molar-refractivity contribution in [3.05, 3.63) is 88.9 Å². The highest BCUT2D eigenvalue weighted by atomic mass is 35.5. The molecule has 0 heterocycles. The highest BCUT2D eigenvalue weighted by molar-refractivity contribution is 7.98. The molecule has 3 aromatic carbocycles. The van der Waals surface area contributed by atoms with E-state index in [0.29, 0.717) is 17.1 Å². The predicted octanol–water partition coefficient (Wildman–Crippen LogP) is 6.29. The number of hydrogen-bond donors (Lipinski definition) is 1. The molecule has 0 aromatic heterocycles. The van der Waals surface area contributed by atoms with Crippen LogP contribution >= 0.6 is 23.4 Å². The fourth-order valence-electron chi connectivity index (χ4n) is 4.26. The van der Waals surface area contributed by atoms with E-state index < -0.39 is 28.5 Å². The quantitative estimate of drug-likeness (QED) is 0.229. The number of hydrogen-bond acceptors (Lipinski definition) is 5. The number of carbonyl (C=O) groups excluding carboxylic acids is 2. The number of nitrogens with one attached hydrogen (secondary N) is 1. The molecule has 0 bridgehead atoms. The van der Waals surface area contributed by atoms with Crippen LogP contribution in [0.5, 0.6) is 0 Å². The SMILES string of the molecule is CC[C@H](C)NC(=O)[C@H](CC)N(Cc1ccc(Cl)cc1)C(=O)CN(c1ccc(C)cc1)S(=O)(=O)c1ccc(SC)cc1. The summed E-state index contributed by atoms with van der Waals surface area (Å²) in [7, 11) is -4.12. The van der Waals surface area contributed by atoms with Gasteiger partial charge in [-0.2, -0.15) is 0 Å². The molecule has 0 unspecified atom stereocenters. The molecular formula is C31H38ClN3O4S2. The van der Waals surface area contributed by atoms with Crippen LogP contribution < -0.4 is 9.62 Å². The van der Waals surface area contributed by atoms with Crippen molar-refractivity contribution < 1.29 is 18.0 Å². The molecule has 10 heteroatoms. The van der Waals surface area contributed by atoms with E-state index in [1.807, 2.05) is 34.0 Å². The third kappa shape index (κ3) is 8.50. The van der Waals surface area contributed by atoms with Gasteiger partial charge in [-0.3, -0.25) is 13.9 Å².